The van der Waals surface area contributed by atoms with Crippen LogP contribution < -0.4 is 0 Å². The summed E-state index contributed by atoms with van der Waals surface area (Å²) in [6, 6.07) is 18.3. The average Bonchev–Trinajstić information content (AvgIpc) is 2.50. The Bertz CT molecular complexity index is 817. The summed E-state index contributed by atoms with van der Waals surface area (Å²) < 4.78 is 2.11. The molecule has 0 aliphatic carbocycles. The number of hydrogen-bond donors (Lipinski definition) is 0. The minimum atomic E-state index is -0.225. The second kappa shape index (κ2) is 6.45. The fraction of sp³-hybridized carbons (Fsp3) is 0.0588. The number of fused-ring (bicyclic) bond motifs is 1. The van der Waals surface area contributed by atoms with Crippen LogP contribution in [-0.4, -0.2) is 0 Å². The topological polar surface area (TPSA) is 0 Å². The Kier molecular flexibility index (Phi) is 4.79. The van der Waals surface area contributed by atoms with E-state index < -0.39 is 0 Å². The zero-order valence-corrected chi connectivity index (χ0v) is 16.0. The van der Waals surface area contributed by atoms with Crippen molar-refractivity contribution in [3.63, 3.8) is 0 Å². The second-order valence-corrected chi connectivity index (χ2v) is 7.58. The third kappa shape index (κ3) is 3.09. The first-order chi connectivity index (χ1) is 10.1. The van der Waals surface area contributed by atoms with Gasteiger partial charge in [-0.15, -0.1) is 11.6 Å². The van der Waals surface area contributed by atoms with Gasteiger partial charge in [0.2, 0.25) is 0 Å². The molecule has 0 bridgehead atoms. The summed E-state index contributed by atoms with van der Waals surface area (Å²) in [7, 11) is 0. The van der Waals surface area contributed by atoms with Crippen molar-refractivity contribution in [3.05, 3.63) is 78.8 Å². The minimum Gasteiger partial charge on any atom is -0.113 e. The maximum absolute atomic E-state index is 6.71. The Morgan fingerprint density at radius 2 is 1.67 bits per heavy atom. The molecule has 0 heterocycles. The maximum atomic E-state index is 6.71. The third-order valence-electron chi connectivity index (χ3n) is 3.41. The predicted molar refractivity (Wildman–Crippen MR) is 104 cm³/mol. The smallest absolute Gasteiger partial charge is 0.0841 e. The van der Waals surface area contributed by atoms with E-state index in [0.29, 0.717) is 0 Å². The van der Waals surface area contributed by atoms with Crippen LogP contribution in [0.3, 0.4) is 0 Å². The normalized spacial score (nSPS) is 12.6. The fourth-order valence-electron chi connectivity index (χ4n) is 2.36. The van der Waals surface area contributed by atoms with Crippen LogP contribution >= 0.6 is 61.7 Å². The molecule has 4 heteroatoms. The molecule has 21 heavy (non-hydrogen) atoms. The predicted octanol–water partition coefficient (Wildman–Crippen LogP) is 7.19. The van der Waals surface area contributed by atoms with Crippen molar-refractivity contribution in [2.75, 3.05) is 0 Å². The van der Waals surface area contributed by atoms with E-state index in [0.717, 1.165) is 35.0 Å². The van der Waals surface area contributed by atoms with E-state index in [-0.39, 0.29) is 5.38 Å². The third-order valence-corrected chi connectivity index (χ3v) is 6.16. The zero-order chi connectivity index (χ0) is 15.0. The molecule has 3 aromatic rings. The molecule has 0 saturated heterocycles. The van der Waals surface area contributed by atoms with Crippen molar-refractivity contribution in [2.45, 2.75) is 5.38 Å². The highest BCUT2D eigenvalue weighted by Gasteiger charge is 2.15. The highest BCUT2D eigenvalue weighted by molar-refractivity contribution is 14.1. The summed E-state index contributed by atoms with van der Waals surface area (Å²) in [5.41, 5.74) is 2.10. The highest BCUT2D eigenvalue weighted by atomic mass is 127. The van der Waals surface area contributed by atoms with E-state index in [2.05, 4.69) is 56.7 Å². The molecule has 106 valence electrons. The van der Waals surface area contributed by atoms with Gasteiger partial charge in [-0.3, -0.25) is 0 Å². The lowest BCUT2D eigenvalue weighted by Gasteiger charge is -2.15. The molecule has 0 aliphatic heterocycles. The monoisotopic (exact) mass is 490 g/mol. The lowest BCUT2D eigenvalue weighted by Crippen LogP contribution is -1.95. The SMILES string of the molecule is Clc1cc(C(Cl)c2ccc(Br)c3ccccc23)ccc1I. The van der Waals surface area contributed by atoms with Crippen molar-refractivity contribution in [1.82, 2.24) is 0 Å². The Hall–Kier alpha value is -0.290. The lowest BCUT2D eigenvalue weighted by atomic mass is 9.98. The second-order valence-electron chi connectivity index (χ2n) is 4.72. The molecule has 0 aliphatic rings. The quantitative estimate of drug-likeness (QED) is 0.263. The molecule has 0 radical (unpaired) electrons. The molecule has 3 rings (SSSR count). The maximum Gasteiger partial charge on any atom is 0.0841 e. The molecular formula is C17H10BrCl2I. The van der Waals surface area contributed by atoms with Crippen LogP contribution in [0, 0.1) is 3.57 Å². The number of rotatable bonds is 2. The van der Waals surface area contributed by atoms with Gasteiger partial charge in [0.1, 0.15) is 0 Å². The highest BCUT2D eigenvalue weighted by Crippen LogP contribution is 2.37. The summed E-state index contributed by atoms with van der Waals surface area (Å²) in [5, 5.41) is 2.83. The molecule has 0 N–H and O–H groups in total. The van der Waals surface area contributed by atoms with Crippen molar-refractivity contribution >= 4 is 72.5 Å². The molecule has 0 spiro atoms. The van der Waals surface area contributed by atoms with Crippen LogP contribution in [0.5, 0.6) is 0 Å². The van der Waals surface area contributed by atoms with Crippen LogP contribution in [0.15, 0.2) is 59.1 Å². The van der Waals surface area contributed by atoms with Crippen LogP contribution in [0.2, 0.25) is 5.02 Å². The molecule has 0 nitrogen and oxygen atoms in total. The first kappa shape index (κ1) is 15.6. The van der Waals surface area contributed by atoms with Gasteiger partial charge in [-0.25, -0.2) is 0 Å². The van der Waals surface area contributed by atoms with E-state index in [9.17, 15) is 0 Å². The lowest BCUT2D eigenvalue weighted by molar-refractivity contribution is 1.16. The van der Waals surface area contributed by atoms with Gasteiger partial charge in [0.25, 0.3) is 0 Å². The fourth-order valence-corrected chi connectivity index (χ4v) is 3.68. The van der Waals surface area contributed by atoms with E-state index in [1.165, 1.54) is 0 Å². The van der Waals surface area contributed by atoms with Gasteiger partial charge < -0.3 is 0 Å². The zero-order valence-electron chi connectivity index (χ0n) is 10.8. The first-order valence-corrected chi connectivity index (χ1v) is 9.02. The summed E-state index contributed by atoms with van der Waals surface area (Å²) in [5.74, 6) is 0. The van der Waals surface area contributed by atoms with E-state index in [1.54, 1.807) is 0 Å². The van der Waals surface area contributed by atoms with Crippen LogP contribution in [0.4, 0.5) is 0 Å². The van der Waals surface area contributed by atoms with Gasteiger partial charge >= 0.3 is 0 Å². The van der Waals surface area contributed by atoms with Gasteiger partial charge in [-0.1, -0.05) is 63.9 Å². The number of alkyl halides is 1. The van der Waals surface area contributed by atoms with E-state index in [4.69, 9.17) is 23.2 Å². The summed E-state index contributed by atoms with van der Waals surface area (Å²) in [6.45, 7) is 0. The Morgan fingerprint density at radius 3 is 2.38 bits per heavy atom. The van der Waals surface area contributed by atoms with Gasteiger partial charge in [-0.2, -0.15) is 0 Å². The van der Waals surface area contributed by atoms with Crippen molar-refractivity contribution in [2.24, 2.45) is 0 Å². The molecule has 1 atom stereocenters. The Morgan fingerprint density at radius 1 is 0.952 bits per heavy atom. The van der Waals surface area contributed by atoms with Gasteiger partial charge in [0.15, 0.2) is 0 Å². The Balaban J connectivity index is 2.15. The van der Waals surface area contributed by atoms with Gasteiger partial charge in [0, 0.05) is 8.04 Å². The summed E-state index contributed by atoms with van der Waals surface area (Å²) in [6.07, 6.45) is 0. The van der Waals surface area contributed by atoms with Crippen LogP contribution in [0.1, 0.15) is 16.5 Å². The minimum absolute atomic E-state index is 0.225. The molecule has 1 unspecified atom stereocenters. The molecule has 0 saturated carbocycles. The largest absolute Gasteiger partial charge is 0.113 e. The van der Waals surface area contributed by atoms with Crippen LogP contribution in [-0.2, 0) is 0 Å². The number of hydrogen-bond acceptors (Lipinski definition) is 0. The van der Waals surface area contributed by atoms with Crippen LogP contribution in [0.25, 0.3) is 10.8 Å². The standard InChI is InChI=1S/C17H10BrCl2I/c18-14-7-6-13(11-3-1-2-4-12(11)14)17(20)10-5-8-16(21)15(19)9-10/h1-9,17H. The van der Waals surface area contributed by atoms with E-state index in [1.807, 2.05) is 36.4 Å². The van der Waals surface area contributed by atoms with Crippen molar-refractivity contribution in [3.8, 4) is 0 Å². The first-order valence-electron chi connectivity index (χ1n) is 6.34. The molecule has 0 fully saturated rings. The molecular weight excluding hydrogens is 482 g/mol. The molecule has 3 aromatic carbocycles. The van der Waals surface area contributed by atoms with Gasteiger partial charge in [0.05, 0.1) is 10.4 Å². The van der Waals surface area contributed by atoms with Gasteiger partial charge in [-0.05, 0) is 62.7 Å². The summed E-state index contributed by atoms with van der Waals surface area (Å²) >= 11 is 18.7. The van der Waals surface area contributed by atoms with Crippen molar-refractivity contribution < 1.29 is 0 Å². The van der Waals surface area contributed by atoms with Crippen molar-refractivity contribution in [1.29, 1.82) is 0 Å². The number of halogens is 4. The summed E-state index contributed by atoms with van der Waals surface area (Å²) in [4.78, 5) is 0. The molecule has 0 amide bonds. The average molecular weight is 492 g/mol. The number of benzene rings is 3. The van der Waals surface area contributed by atoms with E-state index >= 15 is 0 Å². The Labute approximate surface area is 155 Å². The molecule has 0 aromatic heterocycles.